The average molecular weight is 268 g/mol. The zero-order chi connectivity index (χ0) is 14.0. The summed E-state index contributed by atoms with van der Waals surface area (Å²) in [6.07, 6.45) is 7.01. The zero-order valence-corrected chi connectivity index (χ0v) is 11.9. The molecule has 2 aromatic rings. The Kier molecular flexibility index (Phi) is 3.43. The molecule has 1 saturated carbocycles. The molecular weight excluding hydrogens is 248 g/mol. The Hall–Kier alpha value is -1.90. The maximum atomic E-state index is 13.0. The predicted molar refractivity (Wildman–Crippen MR) is 79.1 cm³/mol. The minimum atomic E-state index is -0.160. The van der Waals surface area contributed by atoms with Gasteiger partial charge in [0.25, 0.3) is 0 Å². The van der Waals surface area contributed by atoms with E-state index < -0.39 is 0 Å². The second-order valence-electron chi connectivity index (χ2n) is 5.63. The first-order valence-electron chi connectivity index (χ1n) is 7.41. The van der Waals surface area contributed by atoms with E-state index in [1.165, 1.54) is 12.8 Å². The summed E-state index contributed by atoms with van der Waals surface area (Å²) in [5.41, 5.74) is 1.51. The molecule has 0 saturated heterocycles. The second kappa shape index (κ2) is 5.23. The number of para-hydroxylation sites is 1. The van der Waals surface area contributed by atoms with Crippen molar-refractivity contribution in [2.45, 2.75) is 39.0 Å². The normalized spacial score (nSPS) is 17.2. The third-order valence-corrected chi connectivity index (χ3v) is 4.60. The molecule has 0 amide bonds. The fourth-order valence-electron chi connectivity index (χ4n) is 3.31. The van der Waals surface area contributed by atoms with Crippen LogP contribution in [0.1, 0.15) is 49.5 Å². The van der Waals surface area contributed by atoms with Crippen molar-refractivity contribution in [2.75, 3.05) is 0 Å². The summed E-state index contributed by atoms with van der Waals surface area (Å²) in [7, 11) is 0. The highest BCUT2D eigenvalue weighted by molar-refractivity contribution is 5.99. The Balaban J connectivity index is 2.00. The van der Waals surface area contributed by atoms with Crippen LogP contribution in [0.25, 0.3) is 5.69 Å². The molecule has 0 unspecified atom stereocenters. The van der Waals surface area contributed by atoms with Crippen LogP contribution in [-0.4, -0.2) is 15.6 Å². The van der Waals surface area contributed by atoms with E-state index in [4.69, 9.17) is 0 Å². The number of ketones is 1. The van der Waals surface area contributed by atoms with Crippen molar-refractivity contribution >= 4 is 5.78 Å². The van der Waals surface area contributed by atoms with Gasteiger partial charge in [-0.2, -0.15) is 5.10 Å². The van der Waals surface area contributed by atoms with E-state index in [1.54, 1.807) is 10.9 Å². The van der Waals surface area contributed by atoms with Crippen molar-refractivity contribution in [2.24, 2.45) is 5.41 Å². The molecule has 1 aliphatic carbocycles. The summed E-state index contributed by atoms with van der Waals surface area (Å²) in [6, 6.07) is 11.7. The van der Waals surface area contributed by atoms with Crippen LogP contribution in [0.4, 0.5) is 0 Å². The predicted octanol–water partition coefficient (Wildman–Crippen LogP) is 4.03. The summed E-state index contributed by atoms with van der Waals surface area (Å²) in [6.45, 7) is 2.13. The van der Waals surface area contributed by atoms with Crippen molar-refractivity contribution in [3.63, 3.8) is 0 Å². The Morgan fingerprint density at radius 3 is 2.55 bits per heavy atom. The Morgan fingerprint density at radius 2 is 1.90 bits per heavy atom. The van der Waals surface area contributed by atoms with Crippen LogP contribution in [0.5, 0.6) is 0 Å². The first kappa shape index (κ1) is 13.1. The van der Waals surface area contributed by atoms with Gasteiger partial charge in [-0.15, -0.1) is 0 Å². The standard InChI is InChI=1S/C17H20N2O/c1-2-17(11-6-7-12-17)16(20)15-10-13-18-19(15)14-8-4-3-5-9-14/h3-5,8-10,13H,2,6-7,11-12H2,1H3. The number of carbonyl (C=O) groups excluding carboxylic acids is 1. The zero-order valence-electron chi connectivity index (χ0n) is 11.9. The number of Topliss-reactive ketones (excluding diaryl/α,β-unsaturated/α-hetero) is 1. The van der Waals surface area contributed by atoms with E-state index >= 15 is 0 Å². The molecule has 1 aromatic heterocycles. The topological polar surface area (TPSA) is 34.9 Å². The lowest BCUT2D eigenvalue weighted by atomic mass is 9.78. The van der Waals surface area contributed by atoms with Gasteiger partial charge in [-0.3, -0.25) is 4.79 Å². The number of aromatic nitrogens is 2. The van der Waals surface area contributed by atoms with Gasteiger partial charge < -0.3 is 0 Å². The highest BCUT2D eigenvalue weighted by atomic mass is 16.1. The fourth-order valence-corrected chi connectivity index (χ4v) is 3.31. The summed E-state index contributed by atoms with van der Waals surface area (Å²) < 4.78 is 1.78. The molecule has 0 radical (unpaired) electrons. The highest BCUT2D eigenvalue weighted by Crippen LogP contribution is 2.43. The largest absolute Gasteiger partial charge is 0.292 e. The molecule has 3 heteroatoms. The first-order chi connectivity index (χ1) is 9.77. The number of benzene rings is 1. The lowest BCUT2D eigenvalue weighted by Gasteiger charge is -2.25. The minimum Gasteiger partial charge on any atom is -0.292 e. The number of nitrogens with zero attached hydrogens (tertiary/aromatic N) is 2. The summed E-state index contributed by atoms with van der Waals surface area (Å²) in [5, 5.41) is 4.34. The highest BCUT2D eigenvalue weighted by Gasteiger charge is 2.40. The van der Waals surface area contributed by atoms with Crippen molar-refractivity contribution in [3.8, 4) is 5.69 Å². The number of hydrogen-bond acceptors (Lipinski definition) is 2. The van der Waals surface area contributed by atoms with Crippen LogP contribution in [0.3, 0.4) is 0 Å². The van der Waals surface area contributed by atoms with Gasteiger partial charge in [-0.25, -0.2) is 4.68 Å². The van der Waals surface area contributed by atoms with Gasteiger partial charge in [0.2, 0.25) is 0 Å². The first-order valence-corrected chi connectivity index (χ1v) is 7.41. The molecule has 3 nitrogen and oxygen atoms in total. The molecule has 3 rings (SSSR count). The maximum absolute atomic E-state index is 13.0. The molecule has 1 heterocycles. The molecule has 20 heavy (non-hydrogen) atoms. The molecule has 0 aliphatic heterocycles. The molecule has 1 fully saturated rings. The van der Waals surface area contributed by atoms with E-state index in [9.17, 15) is 4.79 Å². The van der Waals surface area contributed by atoms with E-state index in [1.807, 2.05) is 36.4 Å². The molecular formula is C17H20N2O. The Morgan fingerprint density at radius 1 is 1.20 bits per heavy atom. The van der Waals surface area contributed by atoms with Crippen LogP contribution >= 0.6 is 0 Å². The Labute approximate surface area is 119 Å². The smallest absolute Gasteiger partial charge is 0.187 e. The monoisotopic (exact) mass is 268 g/mol. The second-order valence-corrected chi connectivity index (χ2v) is 5.63. The van der Waals surface area contributed by atoms with Crippen LogP contribution in [0.2, 0.25) is 0 Å². The molecule has 104 valence electrons. The quantitative estimate of drug-likeness (QED) is 0.785. The van der Waals surface area contributed by atoms with E-state index in [-0.39, 0.29) is 11.2 Å². The van der Waals surface area contributed by atoms with E-state index in [0.29, 0.717) is 0 Å². The minimum absolute atomic E-state index is 0.160. The summed E-state index contributed by atoms with van der Waals surface area (Å²) in [5.74, 6) is 0.263. The van der Waals surface area contributed by atoms with Crippen molar-refractivity contribution < 1.29 is 4.79 Å². The van der Waals surface area contributed by atoms with Crippen LogP contribution in [-0.2, 0) is 0 Å². The molecule has 1 aromatic carbocycles. The number of rotatable bonds is 4. The molecule has 0 atom stereocenters. The molecule has 0 spiro atoms. The average Bonchev–Trinajstić information content (AvgIpc) is 3.17. The van der Waals surface area contributed by atoms with Gasteiger partial charge in [0.05, 0.1) is 11.9 Å². The lowest BCUT2D eigenvalue weighted by molar-refractivity contribution is 0.0782. The third-order valence-electron chi connectivity index (χ3n) is 4.60. The van der Waals surface area contributed by atoms with Crippen molar-refractivity contribution in [3.05, 3.63) is 48.3 Å². The van der Waals surface area contributed by atoms with Gasteiger partial charge in [0.1, 0.15) is 5.69 Å². The SMILES string of the molecule is CCC1(C(=O)c2ccnn2-c2ccccc2)CCCC1. The number of hydrogen-bond donors (Lipinski definition) is 0. The molecule has 0 bridgehead atoms. The Bertz CT molecular complexity index is 594. The van der Waals surface area contributed by atoms with Crippen LogP contribution in [0, 0.1) is 5.41 Å². The lowest BCUT2D eigenvalue weighted by Crippen LogP contribution is -2.29. The fraction of sp³-hybridized carbons (Fsp3) is 0.412. The van der Waals surface area contributed by atoms with Crippen LogP contribution < -0.4 is 0 Å². The van der Waals surface area contributed by atoms with Gasteiger partial charge in [-0.1, -0.05) is 38.0 Å². The van der Waals surface area contributed by atoms with E-state index in [0.717, 1.165) is 30.6 Å². The summed E-state index contributed by atoms with van der Waals surface area (Å²) >= 11 is 0. The van der Waals surface area contributed by atoms with Crippen molar-refractivity contribution in [1.82, 2.24) is 9.78 Å². The van der Waals surface area contributed by atoms with Crippen LogP contribution in [0.15, 0.2) is 42.6 Å². The maximum Gasteiger partial charge on any atom is 0.187 e. The van der Waals surface area contributed by atoms with Gasteiger partial charge in [0.15, 0.2) is 5.78 Å². The third kappa shape index (κ3) is 2.07. The molecule has 0 N–H and O–H groups in total. The molecule has 1 aliphatic rings. The van der Waals surface area contributed by atoms with Gasteiger partial charge in [-0.05, 0) is 37.5 Å². The van der Waals surface area contributed by atoms with Crippen molar-refractivity contribution in [1.29, 1.82) is 0 Å². The number of carbonyl (C=O) groups is 1. The van der Waals surface area contributed by atoms with Gasteiger partial charge >= 0.3 is 0 Å². The van der Waals surface area contributed by atoms with E-state index in [2.05, 4.69) is 12.0 Å². The van der Waals surface area contributed by atoms with Gasteiger partial charge in [0, 0.05) is 5.41 Å². The summed E-state index contributed by atoms with van der Waals surface area (Å²) in [4.78, 5) is 13.0.